The largest absolute Gasteiger partial charge is 0.452 e. The van der Waals surface area contributed by atoms with Crippen molar-refractivity contribution < 1.29 is 19.1 Å². The second-order valence-corrected chi connectivity index (χ2v) is 6.58. The number of esters is 1. The van der Waals surface area contributed by atoms with Crippen LogP contribution in [-0.2, 0) is 14.3 Å². The Kier molecular flexibility index (Phi) is 5.95. The van der Waals surface area contributed by atoms with Crippen molar-refractivity contribution in [2.24, 2.45) is 11.8 Å². The van der Waals surface area contributed by atoms with Gasteiger partial charge in [0.25, 0.3) is 5.91 Å². The number of amides is 2. The Morgan fingerprint density at radius 2 is 1.88 bits per heavy atom. The fourth-order valence-electron chi connectivity index (χ4n) is 3.10. The number of benzene rings is 1. The molecule has 130 valence electrons. The Labute approximate surface area is 142 Å². The minimum absolute atomic E-state index is 0.167. The molecule has 1 N–H and O–H groups in total. The quantitative estimate of drug-likeness (QED) is 0.859. The molecular weight excluding hydrogens is 308 g/mol. The average Bonchev–Trinajstić information content (AvgIpc) is 2.51. The minimum atomic E-state index is -0.575. The molecule has 1 aliphatic rings. The van der Waals surface area contributed by atoms with Crippen LogP contribution in [0.25, 0.3) is 0 Å². The van der Waals surface area contributed by atoms with E-state index in [1.54, 1.807) is 23.1 Å². The summed E-state index contributed by atoms with van der Waals surface area (Å²) in [4.78, 5) is 37.1. The molecule has 2 amide bonds. The normalized spacial score (nSPS) is 20.4. The molecule has 1 heterocycles. The van der Waals surface area contributed by atoms with Gasteiger partial charge in [0.15, 0.2) is 6.61 Å². The number of likely N-dealkylation sites (tertiary alicyclic amines) is 1. The van der Waals surface area contributed by atoms with Gasteiger partial charge in [-0.25, -0.2) is 4.79 Å². The Balaban J connectivity index is 1.90. The molecule has 1 fully saturated rings. The summed E-state index contributed by atoms with van der Waals surface area (Å²) in [7, 11) is 0. The van der Waals surface area contributed by atoms with E-state index in [9.17, 15) is 14.4 Å². The van der Waals surface area contributed by atoms with Crippen molar-refractivity contribution >= 4 is 23.5 Å². The van der Waals surface area contributed by atoms with Crippen molar-refractivity contribution in [1.82, 2.24) is 4.90 Å². The fraction of sp³-hybridized carbons (Fsp3) is 0.500. The Morgan fingerprint density at radius 1 is 1.21 bits per heavy atom. The van der Waals surface area contributed by atoms with E-state index in [0.717, 1.165) is 6.42 Å². The number of carbonyl (C=O) groups is 3. The molecule has 0 saturated carbocycles. The van der Waals surface area contributed by atoms with Crippen molar-refractivity contribution in [3.05, 3.63) is 29.8 Å². The molecule has 24 heavy (non-hydrogen) atoms. The van der Waals surface area contributed by atoms with Gasteiger partial charge < -0.3 is 15.0 Å². The van der Waals surface area contributed by atoms with E-state index >= 15 is 0 Å². The Bertz CT molecular complexity index is 619. The molecular formula is C18H24N2O4. The summed E-state index contributed by atoms with van der Waals surface area (Å²) in [6.45, 7) is 6.79. The van der Waals surface area contributed by atoms with Crippen molar-refractivity contribution in [2.75, 3.05) is 25.0 Å². The number of hydrogen-bond acceptors (Lipinski definition) is 4. The summed E-state index contributed by atoms with van der Waals surface area (Å²) in [5.41, 5.74) is 0.816. The van der Waals surface area contributed by atoms with Gasteiger partial charge in [-0.1, -0.05) is 19.9 Å². The summed E-state index contributed by atoms with van der Waals surface area (Å²) in [5.74, 6) is -0.0390. The summed E-state index contributed by atoms with van der Waals surface area (Å²) in [5, 5.41) is 2.60. The van der Waals surface area contributed by atoms with Crippen LogP contribution < -0.4 is 5.32 Å². The molecule has 0 aliphatic carbocycles. The smallest absolute Gasteiger partial charge is 0.338 e. The maximum Gasteiger partial charge on any atom is 0.338 e. The number of ether oxygens (including phenoxy) is 1. The molecule has 2 rings (SSSR count). The lowest BCUT2D eigenvalue weighted by atomic mass is 9.92. The van der Waals surface area contributed by atoms with Gasteiger partial charge in [-0.15, -0.1) is 0 Å². The van der Waals surface area contributed by atoms with Crippen LogP contribution in [0.4, 0.5) is 5.69 Å². The van der Waals surface area contributed by atoms with E-state index in [4.69, 9.17) is 4.74 Å². The van der Waals surface area contributed by atoms with Gasteiger partial charge in [0.1, 0.15) is 0 Å². The second-order valence-electron chi connectivity index (χ2n) is 6.58. The number of nitrogens with one attached hydrogen (secondary N) is 1. The topological polar surface area (TPSA) is 75.7 Å². The molecule has 0 aromatic heterocycles. The van der Waals surface area contributed by atoms with Crippen LogP contribution in [0, 0.1) is 11.8 Å². The Morgan fingerprint density at radius 3 is 2.50 bits per heavy atom. The first kappa shape index (κ1) is 18.0. The van der Waals surface area contributed by atoms with Crippen molar-refractivity contribution in [3.63, 3.8) is 0 Å². The zero-order valence-electron chi connectivity index (χ0n) is 14.4. The van der Waals surface area contributed by atoms with Crippen LogP contribution in [0.3, 0.4) is 0 Å². The molecule has 1 aromatic rings. The molecule has 1 aromatic carbocycles. The Hall–Kier alpha value is -2.37. The highest BCUT2D eigenvalue weighted by Crippen LogP contribution is 2.21. The highest BCUT2D eigenvalue weighted by molar-refractivity contribution is 5.94. The first-order valence-corrected chi connectivity index (χ1v) is 8.17. The third kappa shape index (κ3) is 5.08. The first-order chi connectivity index (χ1) is 11.3. The van der Waals surface area contributed by atoms with Gasteiger partial charge in [0.05, 0.1) is 5.56 Å². The fourth-order valence-corrected chi connectivity index (χ4v) is 3.10. The number of anilines is 1. The molecule has 0 spiro atoms. The summed E-state index contributed by atoms with van der Waals surface area (Å²) >= 11 is 0. The maximum atomic E-state index is 12.2. The van der Waals surface area contributed by atoms with Crippen LogP contribution in [0.5, 0.6) is 0 Å². The number of hydrogen-bond donors (Lipinski definition) is 1. The highest BCUT2D eigenvalue weighted by Gasteiger charge is 2.26. The molecule has 6 heteroatoms. The van der Waals surface area contributed by atoms with E-state index < -0.39 is 5.97 Å². The molecule has 0 radical (unpaired) electrons. The van der Waals surface area contributed by atoms with Crippen LogP contribution in [0.15, 0.2) is 24.3 Å². The van der Waals surface area contributed by atoms with Gasteiger partial charge in [0, 0.05) is 25.7 Å². The van der Waals surface area contributed by atoms with E-state index in [1.165, 1.54) is 13.0 Å². The predicted molar refractivity (Wildman–Crippen MR) is 90.6 cm³/mol. The third-order valence-corrected chi connectivity index (χ3v) is 3.97. The molecule has 0 unspecified atom stereocenters. The predicted octanol–water partition coefficient (Wildman–Crippen LogP) is 2.31. The molecule has 1 saturated heterocycles. The van der Waals surface area contributed by atoms with Crippen LogP contribution in [0.1, 0.15) is 37.6 Å². The summed E-state index contributed by atoms with van der Waals surface area (Å²) in [6, 6.07) is 6.44. The highest BCUT2D eigenvalue weighted by atomic mass is 16.5. The van der Waals surface area contributed by atoms with Gasteiger partial charge in [-0.2, -0.15) is 0 Å². The standard InChI is InChI=1S/C18H24N2O4/c1-12-7-13(2)10-20(9-12)17(22)11-24-18(23)15-5-4-6-16(8-15)19-14(3)21/h4-6,8,12-13H,7,9-11H2,1-3H3,(H,19,21)/t12-,13-/m0/s1. The average molecular weight is 332 g/mol. The van der Waals surface area contributed by atoms with Gasteiger partial charge in [0.2, 0.25) is 5.91 Å². The molecule has 2 atom stereocenters. The first-order valence-electron chi connectivity index (χ1n) is 8.17. The van der Waals surface area contributed by atoms with E-state index in [2.05, 4.69) is 19.2 Å². The maximum absolute atomic E-state index is 12.2. The van der Waals surface area contributed by atoms with Gasteiger partial charge in [-0.05, 0) is 36.5 Å². The monoisotopic (exact) mass is 332 g/mol. The SMILES string of the molecule is CC(=O)Nc1cccc(C(=O)OCC(=O)N2C[C@@H](C)C[C@H](C)C2)c1. The van der Waals surface area contributed by atoms with Crippen molar-refractivity contribution in [3.8, 4) is 0 Å². The lowest BCUT2D eigenvalue weighted by Gasteiger charge is -2.34. The van der Waals surface area contributed by atoms with Gasteiger partial charge >= 0.3 is 5.97 Å². The van der Waals surface area contributed by atoms with E-state index in [-0.39, 0.29) is 18.4 Å². The van der Waals surface area contributed by atoms with Gasteiger partial charge in [-0.3, -0.25) is 9.59 Å². The third-order valence-electron chi connectivity index (χ3n) is 3.97. The molecule has 6 nitrogen and oxygen atoms in total. The number of nitrogens with zero attached hydrogens (tertiary/aromatic N) is 1. The van der Waals surface area contributed by atoms with Crippen molar-refractivity contribution in [2.45, 2.75) is 27.2 Å². The van der Waals surface area contributed by atoms with E-state index in [0.29, 0.717) is 36.2 Å². The zero-order valence-corrected chi connectivity index (χ0v) is 14.4. The van der Waals surface area contributed by atoms with E-state index in [1.807, 2.05) is 0 Å². The van der Waals surface area contributed by atoms with Crippen LogP contribution in [0.2, 0.25) is 0 Å². The summed E-state index contributed by atoms with van der Waals surface area (Å²) in [6.07, 6.45) is 1.11. The van der Waals surface area contributed by atoms with Crippen LogP contribution in [-0.4, -0.2) is 42.4 Å². The number of carbonyl (C=O) groups excluding carboxylic acids is 3. The lowest BCUT2D eigenvalue weighted by Crippen LogP contribution is -2.44. The second kappa shape index (κ2) is 7.95. The molecule has 0 bridgehead atoms. The molecule has 1 aliphatic heterocycles. The lowest BCUT2D eigenvalue weighted by molar-refractivity contribution is -0.137. The van der Waals surface area contributed by atoms with Crippen LogP contribution >= 0.6 is 0 Å². The van der Waals surface area contributed by atoms with Crippen molar-refractivity contribution in [1.29, 1.82) is 0 Å². The number of piperidine rings is 1. The minimum Gasteiger partial charge on any atom is -0.452 e. The number of rotatable bonds is 4. The summed E-state index contributed by atoms with van der Waals surface area (Å²) < 4.78 is 5.13. The zero-order chi connectivity index (χ0) is 17.7.